The van der Waals surface area contributed by atoms with E-state index >= 15 is 0 Å². The molecule has 0 spiro atoms. The van der Waals surface area contributed by atoms with Crippen molar-refractivity contribution in [2.45, 2.75) is 76.7 Å². The monoisotopic (exact) mass is 331 g/mol. The first kappa shape index (κ1) is 15.9. The summed E-state index contributed by atoms with van der Waals surface area (Å²) >= 11 is 0. The maximum Gasteiger partial charge on any atom is 0.192 e. The minimum atomic E-state index is 0.492. The largest absolute Gasteiger partial charge is 0.354 e. The van der Waals surface area contributed by atoms with Crippen LogP contribution in [0.2, 0.25) is 0 Å². The van der Waals surface area contributed by atoms with Crippen LogP contribution in [0.25, 0.3) is 0 Å². The van der Waals surface area contributed by atoms with Gasteiger partial charge in [0.05, 0.1) is 0 Å². The van der Waals surface area contributed by atoms with Crippen molar-refractivity contribution in [2.75, 3.05) is 6.54 Å². The number of aryl methyl sites for hydroxylation is 1. The molecular weight excluding hydrogens is 302 g/mol. The molecule has 7 nitrogen and oxygen atoms in total. The number of nitrogens with one attached hydrogen (secondary N) is 2. The van der Waals surface area contributed by atoms with E-state index in [1.807, 2.05) is 18.5 Å². The van der Waals surface area contributed by atoms with E-state index in [2.05, 4.69) is 32.7 Å². The van der Waals surface area contributed by atoms with Crippen LogP contribution in [-0.4, -0.2) is 56.3 Å². The lowest BCUT2D eigenvalue weighted by Gasteiger charge is -2.20. The highest BCUT2D eigenvalue weighted by Gasteiger charge is 2.39. The minimum Gasteiger partial charge on any atom is -0.354 e. The van der Waals surface area contributed by atoms with Crippen molar-refractivity contribution in [3.8, 4) is 0 Å². The first-order chi connectivity index (χ1) is 11.6. The summed E-state index contributed by atoms with van der Waals surface area (Å²) in [5.74, 6) is 2.77. The summed E-state index contributed by atoms with van der Waals surface area (Å²) in [5, 5.41) is 15.5. The van der Waals surface area contributed by atoms with Crippen LogP contribution >= 0.6 is 0 Å². The van der Waals surface area contributed by atoms with Gasteiger partial charge < -0.3 is 15.2 Å². The summed E-state index contributed by atoms with van der Waals surface area (Å²) in [7, 11) is 1.99. The molecule has 1 aliphatic heterocycles. The Kier molecular flexibility index (Phi) is 4.20. The minimum absolute atomic E-state index is 0.492. The van der Waals surface area contributed by atoms with Crippen LogP contribution in [0.1, 0.15) is 50.7 Å². The van der Waals surface area contributed by atoms with Crippen LogP contribution in [0, 0.1) is 6.92 Å². The van der Waals surface area contributed by atoms with Gasteiger partial charge in [0.2, 0.25) is 0 Å². The van der Waals surface area contributed by atoms with Gasteiger partial charge in [-0.3, -0.25) is 4.90 Å². The molecule has 0 bridgehead atoms. The molecule has 1 aromatic rings. The molecule has 24 heavy (non-hydrogen) atoms. The Bertz CT molecular complexity index is 614. The average Bonchev–Trinajstić information content (AvgIpc) is 3.46. The van der Waals surface area contributed by atoms with Gasteiger partial charge in [-0.2, -0.15) is 0 Å². The predicted octanol–water partition coefficient (Wildman–Crippen LogP) is 0.946. The van der Waals surface area contributed by atoms with Gasteiger partial charge in [-0.25, -0.2) is 4.99 Å². The van der Waals surface area contributed by atoms with Crippen molar-refractivity contribution >= 4 is 5.96 Å². The summed E-state index contributed by atoms with van der Waals surface area (Å²) < 4.78 is 2.00. The third-order valence-electron chi connectivity index (χ3n) is 5.46. The fourth-order valence-electron chi connectivity index (χ4n) is 3.56. The van der Waals surface area contributed by atoms with E-state index in [0.717, 1.165) is 30.2 Å². The lowest BCUT2D eigenvalue weighted by Crippen LogP contribution is -2.45. The smallest absolute Gasteiger partial charge is 0.192 e. The van der Waals surface area contributed by atoms with E-state index in [1.54, 1.807) is 0 Å². The van der Waals surface area contributed by atoms with E-state index in [0.29, 0.717) is 24.7 Å². The fourth-order valence-corrected chi connectivity index (χ4v) is 3.56. The Morgan fingerprint density at radius 1 is 1.17 bits per heavy atom. The molecule has 2 saturated carbocycles. The summed E-state index contributed by atoms with van der Waals surface area (Å²) in [4.78, 5) is 7.44. The second-order valence-electron chi connectivity index (χ2n) is 7.66. The van der Waals surface area contributed by atoms with Crippen LogP contribution in [-0.2, 0) is 13.6 Å². The van der Waals surface area contributed by atoms with Gasteiger partial charge in [0, 0.05) is 37.8 Å². The number of aliphatic imine (C=N–C) groups is 1. The molecule has 2 heterocycles. The van der Waals surface area contributed by atoms with Crippen LogP contribution in [0.4, 0.5) is 0 Å². The highest BCUT2D eigenvalue weighted by Crippen LogP contribution is 2.33. The van der Waals surface area contributed by atoms with Crippen molar-refractivity contribution in [1.82, 2.24) is 30.3 Å². The summed E-state index contributed by atoms with van der Waals surface area (Å²) in [6.45, 7) is 6.02. The van der Waals surface area contributed by atoms with Crippen LogP contribution in [0.15, 0.2) is 4.99 Å². The van der Waals surface area contributed by atoms with Gasteiger partial charge in [0.1, 0.15) is 12.4 Å². The summed E-state index contributed by atoms with van der Waals surface area (Å²) in [5.41, 5.74) is 0. The Hall–Kier alpha value is -1.63. The molecule has 1 saturated heterocycles. The van der Waals surface area contributed by atoms with Crippen LogP contribution in [0.5, 0.6) is 0 Å². The van der Waals surface area contributed by atoms with Crippen molar-refractivity contribution in [3.63, 3.8) is 0 Å². The highest BCUT2D eigenvalue weighted by molar-refractivity contribution is 5.80. The van der Waals surface area contributed by atoms with E-state index in [1.165, 1.54) is 32.1 Å². The molecule has 0 radical (unpaired) electrons. The van der Waals surface area contributed by atoms with E-state index in [9.17, 15) is 0 Å². The van der Waals surface area contributed by atoms with Gasteiger partial charge in [0.15, 0.2) is 11.8 Å². The lowest BCUT2D eigenvalue weighted by molar-refractivity contribution is 0.256. The molecule has 2 N–H and O–H groups in total. The molecule has 0 amide bonds. The first-order valence-corrected chi connectivity index (χ1v) is 9.28. The molecule has 4 rings (SSSR count). The van der Waals surface area contributed by atoms with Crippen LogP contribution in [0.3, 0.4) is 0 Å². The zero-order chi connectivity index (χ0) is 16.7. The SMILES string of the molecule is Cc1nnc(CN=C(NC2CC2)NC2CC(C)N(C3CC3)C2)n1C. The third kappa shape index (κ3) is 3.55. The van der Waals surface area contributed by atoms with Crippen LogP contribution < -0.4 is 10.6 Å². The maximum absolute atomic E-state index is 4.77. The Labute approximate surface area is 143 Å². The number of likely N-dealkylation sites (tertiary alicyclic amines) is 1. The van der Waals surface area contributed by atoms with Gasteiger partial charge in [-0.1, -0.05) is 0 Å². The molecule has 3 aliphatic rings. The highest BCUT2D eigenvalue weighted by atomic mass is 15.3. The van der Waals surface area contributed by atoms with Gasteiger partial charge in [0.25, 0.3) is 0 Å². The first-order valence-electron chi connectivity index (χ1n) is 9.28. The normalized spacial score (nSPS) is 28.4. The Morgan fingerprint density at radius 3 is 2.54 bits per heavy atom. The molecule has 2 aliphatic carbocycles. The molecular formula is C17H29N7. The number of guanidine groups is 1. The maximum atomic E-state index is 4.77. The van der Waals surface area contributed by atoms with Crippen molar-refractivity contribution < 1.29 is 0 Å². The molecule has 132 valence electrons. The Balaban J connectivity index is 1.39. The topological polar surface area (TPSA) is 70.4 Å². The lowest BCUT2D eigenvalue weighted by atomic mass is 10.2. The van der Waals surface area contributed by atoms with Gasteiger partial charge in [-0.05, 0) is 46.0 Å². The molecule has 2 unspecified atom stereocenters. The predicted molar refractivity (Wildman–Crippen MR) is 93.8 cm³/mol. The van der Waals surface area contributed by atoms with Crippen molar-refractivity contribution in [3.05, 3.63) is 11.6 Å². The fraction of sp³-hybridized carbons (Fsp3) is 0.824. The number of hydrogen-bond acceptors (Lipinski definition) is 4. The second-order valence-corrected chi connectivity index (χ2v) is 7.66. The Morgan fingerprint density at radius 2 is 1.92 bits per heavy atom. The standard InChI is InChI=1S/C17H29N7/c1-11-8-14(10-24(11)15-6-7-15)20-17(19-13-4-5-13)18-9-16-22-21-12(2)23(16)3/h11,13-15H,4-10H2,1-3H3,(H2,18,19,20). The molecule has 0 aromatic carbocycles. The third-order valence-corrected chi connectivity index (χ3v) is 5.46. The zero-order valence-corrected chi connectivity index (χ0v) is 15.0. The number of aromatic nitrogens is 3. The average molecular weight is 331 g/mol. The molecule has 2 atom stereocenters. The zero-order valence-electron chi connectivity index (χ0n) is 15.0. The second kappa shape index (κ2) is 6.35. The van der Waals surface area contributed by atoms with Gasteiger partial charge in [-0.15, -0.1) is 10.2 Å². The van der Waals surface area contributed by atoms with Crippen molar-refractivity contribution in [1.29, 1.82) is 0 Å². The molecule has 3 fully saturated rings. The number of rotatable bonds is 5. The summed E-state index contributed by atoms with van der Waals surface area (Å²) in [6.07, 6.45) is 6.46. The number of hydrogen-bond donors (Lipinski definition) is 2. The quantitative estimate of drug-likeness (QED) is 0.621. The number of nitrogens with zero attached hydrogens (tertiary/aromatic N) is 5. The van der Waals surface area contributed by atoms with E-state index in [4.69, 9.17) is 4.99 Å². The summed E-state index contributed by atoms with van der Waals surface area (Å²) in [6, 6.07) is 2.60. The molecule has 1 aromatic heterocycles. The van der Waals surface area contributed by atoms with E-state index in [-0.39, 0.29) is 0 Å². The van der Waals surface area contributed by atoms with Gasteiger partial charge >= 0.3 is 0 Å². The van der Waals surface area contributed by atoms with E-state index < -0.39 is 0 Å². The van der Waals surface area contributed by atoms with Crippen molar-refractivity contribution in [2.24, 2.45) is 12.0 Å². The molecule has 7 heteroatoms.